The summed E-state index contributed by atoms with van der Waals surface area (Å²) in [5.74, 6) is 1.37. The fourth-order valence-electron chi connectivity index (χ4n) is 3.03. The number of hydrogen-bond acceptors (Lipinski definition) is 3. The average molecular weight is 256 g/mol. The maximum absolute atomic E-state index is 3.92. The molecule has 2 fully saturated rings. The summed E-state index contributed by atoms with van der Waals surface area (Å²) >= 11 is 2.15. The lowest BCUT2D eigenvalue weighted by Crippen LogP contribution is -2.50. The largest absolute Gasteiger partial charge is 0.310 e. The van der Waals surface area contributed by atoms with Crippen LogP contribution in [0.1, 0.15) is 46.5 Å². The zero-order valence-electron chi connectivity index (χ0n) is 11.6. The normalized spacial score (nSPS) is 33.2. The predicted molar refractivity (Wildman–Crippen MR) is 77.8 cm³/mol. The first-order valence-corrected chi connectivity index (χ1v) is 8.33. The monoisotopic (exact) mass is 256 g/mol. The van der Waals surface area contributed by atoms with Gasteiger partial charge in [-0.15, -0.1) is 0 Å². The van der Waals surface area contributed by atoms with Crippen molar-refractivity contribution in [1.82, 2.24) is 10.2 Å². The topological polar surface area (TPSA) is 15.3 Å². The predicted octanol–water partition coefficient (Wildman–Crippen LogP) is 2.73. The summed E-state index contributed by atoms with van der Waals surface area (Å²) in [4.78, 5) is 2.61. The van der Waals surface area contributed by atoms with Crippen LogP contribution in [-0.4, -0.2) is 47.1 Å². The summed E-state index contributed by atoms with van der Waals surface area (Å²) in [6.07, 6.45) is 5.47. The number of hydrogen-bond donors (Lipinski definition) is 1. The minimum atomic E-state index is 0.722. The first-order valence-electron chi connectivity index (χ1n) is 7.28. The minimum absolute atomic E-state index is 0.722. The van der Waals surface area contributed by atoms with Gasteiger partial charge in [-0.3, -0.25) is 0 Å². The van der Waals surface area contributed by atoms with Gasteiger partial charge >= 0.3 is 0 Å². The van der Waals surface area contributed by atoms with E-state index in [1.807, 2.05) is 0 Å². The van der Waals surface area contributed by atoms with Gasteiger partial charge in [0.2, 0.25) is 0 Å². The molecule has 0 radical (unpaired) electrons. The molecule has 2 unspecified atom stereocenters. The summed E-state index contributed by atoms with van der Waals surface area (Å²) in [7, 11) is 0. The number of thioether (sulfide) groups is 1. The van der Waals surface area contributed by atoms with Crippen LogP contribution in [0.25, 0.3) is 0 Å². The van der Waals surface area contributed by atoms with Crippen LogP contribution in [0.2, 0.25) is 0 Å². The Morgan fingerprint density at radius 1 is 1.18 bits per heavy atom. The van der Waals surface area contributed by atoms with Crippen molar-refractivity contribution in [3.63, 3.8) is 0 Å². The number of nitrogens with zero attached hydrogens (tertiary/aromatic N) is 1. The van der Waals surface area contributed by atoms with Crippen molar-refractivity contribution in [2.45, 2.75) is 69.8 Å². The van der Waals surface area contributed by atoms with E-state index in [4.69, 9.17) is 0 Å². The highest BCUT2D eigenvalue weighted by molar-refractivity contribution is 7.99. The van der Waals surface area contributed by atoms with Gasteiger partial charge in [0.05, 0.1) is 0 Å². The van der Waals surface area contributed by atoms with Crippen molar-refractivity contribution in [2.24, 2.45) is 0 Å². The Balaban J connectivity index is 1.73. The van der Waals surface area contributed by atoms with Gasteiger partial charge in [-0.25, -0.2) is 0 Å². The molecule has 2 rings (SSSR count). The SMILES string of the molecule is CC1SCCCC1NC1CCN(C(C)C)CC1. The van der Waals surface area contributed by atoms with Crippen LogP contribution in [0.15, 0.2) is 0 Å². The van der Waals surface area contributed by atoms with Gasteiger partial charge in [-0.2, -0.15) is 11.8 Å². The maximum atomic E-state index is 3.92. The third-order valence-corrected chi connectivity index (χ3v) is 5.70. The van der Waals surface area contributed by atoms with Crippen molar-refractivity contribution >= 4 is 11.8 Å². The smallest absolute Gasteiger partial charge is 0.0186 e. The molecule has 2 saturated heterocycles. The molecule has 0 amide bonds. The third-order valence-electron chi connectivity index (χ3n) is 4.32. The van der Waals surface area contributed by atoms with Crippen molar-refractivity contribution in [2.75, 3.05) is 18.8 Å². The van der Waals surface area contributed by atoms with E-state index in [9.17, 15) is 0 Å². The number of rotatable bonds is 3. The average Bonchev–Trinajstić information content (AvgIpc) is 2.33. The molecule has 0 aliphatic carbocycles. The van der Waals surface area contributed by atoms with Crippen LogP contribution in [0.3, 0.4) is 0 Å². The van der Waals surface area contributed by atoms with E-state index in [2.05, 4.69) is 42.7 Å². The summed E-state index contributed by atoms with van der Waals surface area (Å²) < 4.78 is 0. The molecule has 0 spiro atoms. The molecule has 2 aliphatic heterocycles. The van der Waals surface area contributed by atoms with E-state index in [1.54, 1.807) is 0 Å². The molecule has 17 heavy (non-hydrogen) atoms. The second-order valence-corrected chi connectivity index (χ2v) is 7.38. The van der Waals surface area contributed by atoms with Gasteiger partial charge in [0, 0.05) is 23.4 Å². The van der Waals surface area contributed by atoms with Gasteiger partial charge in [0.15, 0.2) is 0 Å². The van der Waals surface area contributed by atoms with Gasteiger partial charge in [-0.1, -0.05) is 6.92 Å². The van der Waals surface area contributed by atoms with Crippen LogP contribution in [0, 0.1) is 0 Å². The molecule has 2 aliphatic rings. The maximum Gasteiger partial charge on any atom is 0.0186 e. The third kappa shape index (κ3) is 3.87. The van der Waals surface area contributed by atoms with Crippen molar-refractivity contribution in [3.05, 3.63) is 0 Å². The van der Waals surface area contributed by atoms with Crippen LogP contribution in [-0.2, 0) is 0 Å². The lowest BCUT2D eigenvalue weighted by Gasteiger charge is -2.38. The number of piperidine rings is 1. The van der Waals surface area contributed by atoms with Gasteiger partial charge in [0.25, 0.3) is 0 Å². The van der Waals surface area contributed by atoms with E-state index in [-0.39, 0.29) is 0 Å². The van der Waals surface area contributed by atoms with Crippen LogP contribution in [0.5, 0.6) is 0 Å². The van der Waals surface area contributed by atoms with Crippen LogP contribution >= 0.6 is 11.8 Å². The Morgan fingerprint density at radius 3 is 2.47 bits per heavy atom. The molecule has 100 valence electrons. The van der Waals surface area contributed by atoms with Gasteiger partial charge in [-0.05, 0) is 58.4 Å². The number of nitrogens with one attached hydrogen (secondary N) is 1. The molecule has 1 N–H and O–H groups in total. The standard InChI is InChI=1S/C14H28N2S/c1-11(2)16-8-6-13(7-9-16)15-14-5-4-10-17-12(14)3/h11-15H,4-10H2,1-3H3. The van der Waals surface area contributed by atoms with Crippen molar-refractivity contribution < 1.29 is 0 Å². The molecule has 3 heteroatoms. The highest BCUT2D eigenvalue weighted by Gasteiger charge is 2.27. The Bertz CT molecular complexity index is 224. The van der Waals surface area contributed by atoms with E-state index in [0.29, 0.717) is 0 Å². The highest BCUT2D eigenvalue weighted by Crippen LogP contribution is 2.26. The first-order chi connectivity index (χ1) is 8.16. The summed E-state index contributed by atoms with van der Waals surface area (Å²) in [5, 5.41) is 4.73. The zero-order chi connectivity index (χ0) is 12.3. The molecular weight excluding hydrogens is 228 g/mol. The Kier molecular flexibility index (Phi) is 5.19. The van der Waals surface area contributed by atoms with E-state index in [1.165, 1.54) is 44.5 Å². The van der Waals surface area contributed by atoms with Crippen molar-refractivity contribution in [1.29, 1.82) is 0 Å². The second-order valence-electron chi connectivity index (χ2n) is 5.90. The molecule has 0 aromatic heterocycles. The molecule has 0 saturated carbocycles. The van der Waals surface area contributed by atoms with Gasteiger partial charge < -0.3 is 10.2 Å². The van der Waals surface area contributed by atoms with E-state index in [0.717, 1.165) is 23.4 Å². The molecule has 2 heterocycles. The molecule has 2 nitrogen and oxygen atoms in total. The summed E-state index contributed by atoms with van der Waals surface area (Å²) in [6.45, 7) is 9.58. The quantitative estimate of drug-likeness (QED) is 0.836. The fraction of sp³-hybridized carbons (Fsp3) is 1.00. The molecule has 0 aromatic rings. The fourth-order valence-corrected chi connectivity index (χ4v) is 4.18. The Morgan fingerprint density at radius 2 is 1.88 bits per heavy atom. The lowest BCUT2D eigenvalue weighted by molar-refractivity contribution is 0.155. The van der Waals surface area contributed by atoms with Crippen LogP contribution in [0.4, 0.5) is 0 Å². The zero-order valence-corrected chi connectivity index (χ0v) is 12.4. The van der Waals surface area contributed by atoms with Crippen LogP contribution < -0.4 is 5.32 Å². The van der Waals surface area contributed by atoms with E-state index >= 15 is 0 Å². The molecule has 0 bridgehead atoms. The Labute approximate surface area is 111 Å². The Hall–Kier alpha value is 0.270. The minimum Gasteiger partial charge on any atom is -0.310 e. The summed E-state index contributed by atoms with van der Waals surface area (Å²) in [5.41, 5.74) is 0. The molecular formula is C14H28N2S. The molecule has 2 atom stereocenters. The molecule has 0 aromatic carbocycles. The summed E-state index contributed by atoms with van der Waals surface area (Å²) in [6, 6.07) is 2.26. The van der Waals surface area contributed by atoms with E-state index < -0.39 is 0 Å². The first kappa shape index (κ1) is 13.7. The van der Waals surface area contributed by atoms with Crippen molar-refractivity contribution in [3.8, 4) is 0 Å². The second kappa shape index (κ2) is 6.44. The lowest BCUT2D eigenvalue weighted by atomic mass is 10.00. The highest BCUT2D eigenvalue weighted by atomic mass is 32.2. The van der Waals surface area contributed by atoms with Gasteiger partial charge in [0.1, 0.15) is 0 Å². The number of likely N-dealkylation sites (tertiary alicyclic amines) is 1.